The van der Waals surface area contributed by atoms with Gasteiger partial charge < -0.3 is 9.84 Å². The smallest absolute Gasteiger partial charge is 0.138 e. The Balaban J connectivity index is 2.74. The Kier molecular flexibility index (Phi) is 7.05. The van der Waals surface area contributed by atoms with Crippen LogP contribution in [0.2, 0.25) is 5.02 Å². The van der Waals surface area contributed by atoms with Crippen molar-refractivity contribution in [2.45, 2.75) is 45.1 Å². The van der Waals surface area contributed by atoms with E-state index in [0.29, 0.717) is 10.8 Å². The first-order valence-corrected chi connectivity index (χ1v) is 7.48. The SMILES string of the molecule is CCCCCCC(O)c1cc(Cl)cc(Br)c1OC. The molecule has 1 unspecified atom stereocenters. The van der Waals surface area contributed by atoms with Gasteiger partial charge in [0.25, 0.3) is 0 Å². The number of hydrogen-bond acceptors (Lipinski definition) is 2. The molecule has 1 aromatic carbocycles. The predicted octanol–water partition coefficient (Wildman–Crippen LogP) is 5.11. The van der Waals surface area contributed by atoms with E-state index in [1.165, 1.54) is 12.8 Å². The first kappa shape index (κ1) is 15.8. The fourth-order valence-corrected chi connectivity index (χ4v) is 2.96. The van der Waals surface area contributed by atoms with Crippen molar-refractivity contribution in [3.8, 4) is 5.75 Å². The van der Waals surface area contributed by atoms with Crippen LogP contribution in [0.25, 0.3) is 0 Å². The van der Waals surface area contributed by atoms with Crippen molar-refractivity contribution in [3.05, 3.63) is 27.2 Å². The second-order valence-electron chi connectivity index (χ2n) is 4.38. The Bertz CT molecular complexity index is 382. The Morgan fingerprint density at radius 1 is 1.33 bits per heavy atom. The van der Waals surface area contributed by atoms with E-state index in [0.717, 1.165) is 29.3 Å². The van der Waals surface area contributed by atoms with E-state index in [-0.39, 0.29) is 0 Å². The molecule has 0 fully saturated rings. The average Bonchev–Trinajstić information content (AvgIpc) is 2.33. The number of hydrogen-bond donors (Lipinski definition) is 1. The molecule has 1 aromatic rings. The molecule has 0 aliphatic heterocycles. The topological polar surface area (TPSA) is 29.5 Å². The van der Waals surface area contributed by atoms with Crippen molar-refractivity contribution in [2.75, 3.05) is 7.11 Å². The van der Waals surface area contributed by atoms with Crippen LogP contribution in [0.5, 0.6) is 5.75 Å². The fraction of sp³-hybridized carbons (Fsp3) is 0.571. The van der Waals surface area contributed by atoms with Gasteiger partial charge in [-0.15, -0.1) is 0 Å². The molecule has 0 aliphatic rings. The van der Waals surface area contributed by atoms with Crippen LogP contribution < -0.4 is 4.74 Å². The number of halogens is 2. The van der Waals surface area contributed by atoms with Crippen LogP contribution in [-0.4, -0.2) is 12.2 Å². The minimum absolute atomic E-state index is 0.521. The highest BCUT2D eigenvalue weighted by Gasteiger charge is 2.16. The number of benzene rings is 1. The van der Waals surface area contributed by atoms with Crippen molar-refractivity contribution in [3.63, 3.8) is 0 Å². The van der Waals surface area contributed by atoms with E-state index < -0.39 is 6.10 Å². The van der Waals surface area contributed by atoms with Gasteiger partial charge in [0, 0.05) is 10.6 Å². The van der Waals surface area contributed by atoms with Crippen molar-refractivity contribution in [1.82, 2.24) is 0 Å². The largest absolute Gasteiger partial charge is 0.495 e. The molecule has 0 radical (unpaired) electrons. The molecule has 0 saturated heterocycles. The van der Waals surface area contributed by atoms with Gasteiger partial charge in [-0.05, 0) is 34.5 Å². The Morgan fingerprint density at radius 3 is 2.67 bits per heavy atom. The maximum Gasteiger partial charge on any atom is 0.138 e. The van der Waals surface area contributed by atoms with Crippen LogP contribution in [0, 0.1) is 0 Å². The summed E-state index contributed by atoms with van der Waals surface area (Å²) in [5.41, 5.74) is 0.758. The number of aliphatic hydroxyl groups excluding tert-OH is 1. The number of unbranched alkanes of at least 4 members (excludes halogenated alkanes) is 3. The predicted molar refractivity (Wildman–Crippen MR) is 79.4 cm³/mol. The van der Waals surface area contributed by atoms with Crippen molar-refractivity contribution in [1.29, 1.82) is 0 Å². The molecule has 0 spiro atoms. The minimum atomic E-state index is -0.521. The minimum Gasteiger partial charge on any atom is -0.495 e. The van der Waals surface area contributed by atoms with Crippen molar-refractivity contribution < 1.29 is 9.84 Å². The van der Waals surface area contributed by atoms with Crippen molar-refractivity contribution in [2.24, 2.45) is 0 Å². The fourth-order valence-electron chi connectivity index (χ4n) is 1.96. The number of ether oxygens (including phenoxy) is 1. The quantitative estimate of drug-likeness (QED) is 0.701. The van der Waals surface area contributed by atoms with Gasteiger partial charge >= 0.3 is 0 Å². The molecular formula is C14H20BrClO2. The zero-order valence-electron chi connectivity index (χ0n) is 10.9. The zero-order valence-corrected chi connectivity index (χ0v) is 13.2. The molecule has 0 amide bonds. The summed E-state index contributed by atoms with van der Waals surface area (Å²) >= 11 is 9.41. The number of methoxy groups -OCH3 is 1. The monoisotopic (exact) mass is 334 g/mol. The summed E-state index contributed by atoms with van der Waals surface area (Å²) in [5, 5.41) is 10.8. The third-order valence-electron chi connectivity index (χ3n) is 2.93. The van der Waals surface area contributed by atoms with E-state index in [9.17, 15) is 5.11 Å². The molecule has 4 heteroatoms. The van der Waals surface area contributed by atoms with Crippen LogP contribution in [0.1, 0.15) is 50.7 Å². The molecule has 0 heterocycles. The molecule has 2 nitrogen and oxygen atoms in total. The summed E-state index contributed by atoms with van der Waals surface area (Å²) in [4.78, 5) is 0. The lowest BCUT2D eigenvalue weighted by Crippen LogP contribution is -2.01. The van der Waals surface area contributed by atoms with Gasteiger partial charge in [-0.25, -0.2) is 0 Å². The van der Waals surface area contributed by atoms with Gasteiger partial charge in [-0.1, -0.05) is 44.2 Å². The third kappa shape index (κ3) is 4.45. The van der Waals surface area contributed by atoms with Crippen LogP contribution >= 0.6 is 27.5 Å². The second-order valence-corrected chi connectivity index (χ2v) is 5.67. The lowest BCUT2D eigenvalue weighted by atomic mass is 10.0. The first-order valence-electron chi connectivity index (χ1n) is 6.31. The molecule has 0 aromatic heterocycles. The summed E-state index contributed by atoms with van der Waals surface area (Å²) in [5.74, 6) is 0.669. The third-order valence-corrected chi connectivity index (χ3v) is 3.74. The molecule has 0 saturated carbocycles. The summed E-state index contributed by atoms with van der Waals surface area (Å²) < 4.78 is 6.09. The second kappa shape index (κ2) is 8.03. The summed E-state index contributed by atoms with van der Waals surface area (Å²) in [7, 11) is 1.60. The first-order chi connectivity index (χ1) is 8.60. The van der Waals surface area contributed by atoms with Gasteiger partial charge in [0.2, 0.25) is 0 Å². The molecule has 102 valence electrons. The van der Waals surface area contributed by atoms with Gasteiger partial charge in [0.05, 0.1) is 17.7 Å². The lowest BCUT2D eigenvalue weighted by Gasteiger charge is -2.16. The maximum atomic E-state index is 10.2. The standard InChI is InChI=1S/C14H20BrClO2/c1-3-4-5-6-7-13(17)11-8-10(16)9-12(15)14(11)18-2/h8-9,13,17H,3-7H2,1-2H3. The molecule has 18 heavy (non-hydrogen) atoms. The maximum absolute atomic E-state index is 10.2. The highest BCUT2D eigenvalue weighted by molar-refractivity contribution is 9.10. The molecular weight excluding hydrogens is 316 g/mol. The van der Waals surface area contributed by atoms with Crippen LogP contribution in [0.15, 0.2) is 16.6 Å². The molecule has 1 rings (SSSR count). The molecule has 0 aliphatic carbocycles. The Labute approximate surface area is 122 Å². The summed E-state index contributed by atoms with van der Waals surface area (Å²) in [6.45, 7) is 2.17. The van der Waals surface area contributed by atoms with Crippen LogP contribution in [-0.2, 0) is 0 Å². The summed E-state index contributed by atoms with van der Waals surface area (Å²) in [6, 6.07) is 3.54. The highest BCUT2D eigenvalue weighted by Crippen LogP contribution is 2.37. The number of rotatable bonds is 7. The number of aliphatic hydroxyl groups is 1. The van der Waals surface area contributed by atoms with Gasteiger partial charge in [-0.3, -0.25) is 0 Å². The van der Waals surface area contributed by atoms with Gasteiger partial charge in [0.15, 0.2) is 0 Å². The van der Waals surface area contributed by atoms with Crippen LogP contribution in [0.4, 0.5) is 0 Å². The zero-order chi connectivity index (χ0) is 13.5. The van der Waals surface area contributed by atoms with Gasteiger partial charge in [-0.2, -0.15) is 0 Å². The Morgan fingerprint density at radius 2 is 2.06 bits per heavy atom. The normalized spacial score (nSPS) is 12.5. The van der Waals surface area contributed by atoms with E-state index in [1.54, 1.807) is 19.2 Å². The molecule has 1 N–H and O–H groups in total. The van der Waals surface area contributed by atoms with E-state index >= 15 is 0 Å². The lowest BCUT2D eigenvalue weighted by molar-refractivity contribution is 0.159. The van der Waals surface area contributed by atoms with E-state index in [1.807, 2.05) is 0 Å². The highest BCUT2D eigenvalue weighted by atomic mass is 79.9. The van der Waals surface area contributed by atoms with Gasteiger partial charge in [0.1, 0.15) is 5.75 Å². The van der Waals surface area contributed by atoms with E-state index in [4.69, 9.17) is 16.3 Å². The molecule has 0 bridgehead atoms. The summed E-state index contributed by atoms with van der Waals surface area (Å²) in [6.07, 6.45) is 4.79. The Hall–Kier alpha value is -0.250. The van der Waals surface area contributed by atoms with E-state index in [2.05, 4.69) is 22.9 Å². The average molecular weight is 336 g/mol. The molecule has 1 atom stereocenters. The van der Waals surface area contributed by atoms with Crippen molar-refractivity contribution >= 4 is 27.5 Å². The van der Waals surface area contributed by atoms with Crippen LogP contribution in [0.3, 0.4) is 0 Å².